The molecule has 116 valence electrons. The van der Waals surface area contributed by atoms with Crippen LogP contribution in [0.4, 0.5) is 5.82 Å². The van der Waals surface area contributed by atoms with Gasteiger partial charge in [-0.15, -0.1) is 0 Å². The van der Waals surface area contributed by atoms with E-state index >= 15 is 0 Å². The van der Waals surface area contributed by atoms with Gasteiger partial charge in [0.15, 0.2) is 5.82 Å². The van der Waals surface area contributed by atoms with Gasteiger partial charge in [-0.25, -0.2) is 18.5 Å². The highest BCUT2D eigenvalue weighted by Gasteiger charge is 2.08. The van der Waals surface area contributed by atoms with Gasteiger partial charge in [0, 0.05) is 6.42 Å². The minimum atomic E-state index is -3.69. The molecule has 1 aromatic carbocycles. The number of nitrogens with zero attached hydrogens (tertiary/aromatic N) is 2. The number of amides is 1. The molecule has 0 bridgehead atoms. The highest BCUT2D eigenvalue weighted by molar-refractivity contribution is 7.89. The molecule has 1 aromatic heterocycles. The first-order chi connectivity index (χ1) is 10.3. The molecule has 0 saturated heterocycles. The first kappa shape index (κ1) is 16.1. The summed E-state index contributed by atoms with van der Waals surface area (Å²) in [6.07, 6.45) is 3.80. The number of rotatable bonds is 5. The summed E-state index contributed by atoms with van der Waals surface area (Å²) < 4.78 is 22.3. The van der Waals surface area contributed by atoms with E-state index in [-0.39, 0.29) is 17.2 Å². The third kappa shape index (κ3) is 4.61. The highest BCUT2D eigenvalue weighted by Crippen LogP contribution is 2.11. The largest absolute Gasteiger partial charge is 0.309 e. The molecule has 1 amide bonds. The Balaban J connectivity index is 1.89. The normalized spacial score (nSPS) is 11.2. The van der Waals surface area contributed by atoms with E-state index in [0.29, 0.717) is 12.2 Å². The van der Waals surface area contributed by atoms with Gasteiger partial charge in [-0.2, -0.15) is 0 Å². The third-order valence-corrected chi connectivity index (χ3v) is 3.87. The smallest absolute Gasteiger partial charge is 0.238 e. The van der Waals surface area contributed by atoms with E-state index in [1.54, 1.807) is 18.3 Å². The van der Waals surface area contributed by atoms with Crippen LogP contribution >= 0.6 is 0 Å². The van der Waals surface area contributed by atoms with E-state index in [4.69, 9.17) is 5.14 Å². The lowest BCUT2D eigenvalue weighted by molar-refractivity contribution is -0.116. The molecule has 2 aromatic rings. The number of hydrogen-bond acceptors (Lipinski definition) is 5. The van der Waals surface area contributed by atoms with Crippen molar-refractivity contribution in [1.82, 2.24) is 9.97 Å². The topological polar surface area (TPSA) is 115 Å². The molecule has 0 aliphatic heterocycles. The number of hydrogen-bond donors (Lipinski definition) is 2. The zero-order chi connectivity index (χ0) is 16.2. The Morgan fingerprint density at radius 1 is 1.18 bits per heavy atom. The van der Waals surface area contributed by atoms with Crippen LogP contribution in [-0.4, -0.2) is 24.3 Å². The molecule has 0 saturated carbocycles. The Hall–Kier alpha value is -2.32. The zero-order valence-corrected chi connectivity index (χ0v) is 12.8. The van der Waals surface area contributed by atoms with Crippen molar-refractivity contribution in [2.45, 2.75) is 24.7 Å². The molecule has 7 nitrogen and oxygen atoms in total. The maximum Gasteiger partial charge on any atom is 0.238 e. The van der Waals surface area contributed by atoms with Crippen LogP contribution in [0.3, 0.4) is 0 Å². The summed E-state index contributed by atoms with van der Waals surface area (Å²) in [5, 5.41) is 7.67. The van der Waals surface area contributed by atoms with Crippen LogP contribution in [0.15, 0.2) is 41.6 Å². The Bertz CT molecular complexity index is 756. The first-order valence-electron chi connectivity index (χ1n) is 6.55. The van der Waals surface area contributed by atoms with Crippen molar-refractivity contribution in [3.8, 4) is 0 Å². The van der Waals surface area contributed by atoms with Gasteiger partial charge in [0.1, 0.15) is 0 Å². The van der Waals surface area contributed by atoms with Gasteiger partial charge in [-0.3, -0.25) is 9.78 Å². The van der Waals surface area contributed by atoms with Crippen molar-refractivity contribution in [2.24, 2.45) is 5.14 Å². The van der Waals surface area contributed by atoms with Crippen molar-refractivity contribution < 1.29 is 13.2 Å². The second-order valence-electron chi connectivity index (χ2n) is 4.78. The number of carbonyl (C=O) groups excluding carboxylic acids is 1. The van der Waals surface area contributed by atoms with E-state index in [2.05, 4.69) is 15.3 Å². The van der Waals surface area contributed by atoms with E-state index < -0.39 is 10.0 Å². The number of aromatic nitrogens is 2. The van der Waals surface area contributed by atoms with Gasteiger partial charge in [-0.1, -0.05) is 12.1 Å². The van der Waals surface area contributed by atoms with Crippen molar-refractivity contribution in [3.05, 3.63) is 47.9 Å². The fourth-order valence-corrected chi connectivity index (χ4v) is 2.28. The number of aryl methyl sites for hydroxylation is 2. The van der Waals surface area contributed by atoms with Gasteiger partial charge >= 0.3 is 0 Å². The first-order valence-corrected chi connectivity index (χ1v) is 8.09. The van der Waals surface area contributed by atoms with Crippen LogP contribution in [0.5, 0.6) is 0 Å². The van der Waals surface area contributed by atoms with Crippen LogP contribution in [0.1, 0.15) is 17.7 Å². The average molecular weight is 320 g/mol. The molecule has 0 fully saturated rings. The van der Waals surface area contributed by atoms with E-state index in [9.17, 15) is 13.2 Å². The molecule has 3 N–H and O–H groups in total. The van der Waals surface area contributed by atoms with E-state index in [0.717, 1.165) is 11.3 Å². The van der Waals surface area contributed by atoms with E-state index in [1.165, 1.54) is 18.3 Å². The Morgan fingerprint density at radius 2 is 1.86 bits per heavy atom. The fourth-order valence-electron chi connectivity index (χ4n) is 1.77. The molecule has 0 atom stereocenters. The predicted molar refractivity (Wildman–Crippen MR) is 81.5 cm³/mol. The molecule has 0 spiro atoms. The average Bonchev–Trinajstić information content (AvgIpc) is 2.47. The summed E-state index contributed by atoms with van der Waals surface area (Å²) in [6.45, 7) is 1.81. The van der Waals surface area contributed by atoms with Crippen LogP contribution in [0, 0.1) is 6.92 Å². The minimum Gasteiger partial charge on any atom is -0.309 e. The fraction of sp³-hybridized carbons (Fsp3) is 0.214. The summed E-state index contributed by atoms with van der Waals surface area (Å²) in [5.41, 5.74) is 1.62. The molecule has 22 heavy (non-hydrogen) atoms. The summed E-state index contributed by atoms with van der Waals surface area (Å²) in [5.74, 6) is 0.217. The van der Waals surface area contributed by atoms with Gasteiger partial charge in [-0.05, 0) is 31.0 Å². The summed E-state index contributed by atoms with van der Waals surface area (Å²) in [4.78, 5) is 19.9. The SMILES string of the molecule is Cc1cnc(NC(=O)CCc2ccc(S(N)(=O)=O)cc2)cn1. The quantitative estimate of drug-likeness (QED) is 0.853. The number of nitrogens with one attached hydrogen (secondary N) is 1. The van der Waals surface area contributed by atoms with Crippen LogP contribution in [0.25, 0.3) is 0 Å². The number of primary sulfonamides is 1. The monoisotopic (exact) mass is 320 g/mol. The lowest BCUT2D eigenvalue weighted by atomic mass is 10.1. The molecule has 1 heterocycles. The zero-order valence-electron chi connectivity index (χ0n) is 12.0. The Kier molecular flexibility index (Phi) is 4.84. The molecule has 0 aliphatic carbocycles. The number of sulfonamides is 1. The van der Waals surface area contributed by atoms with Crippen LogP contribution in [-0.2, 0) is 21.2 Å². The second-order valence-corrected chi connectivity index (χ2v) is 6.34. The number of anilines is 1. The predicted octanol–water partition coefficient (Wildman–Crippen LogP) is 1.00. The molecule has 0 aliphatic rings. The number of carbonyl (C=O) groups is 1. The summed E-state index contributed by atoms with van der Waals surface area (Å²) >= 11 is 0. The van der Waals surface area contributed by atoms with Crippen molar-refractivity contribution >= 4 is 21.7 Å². The molecule has 2 rings (SSSR count). The van der Waals surface area contributed by atoms with Crippen molar-refractivity contribution in [3.63, 3.8) is 0 Å². The maximum absolute atomic E-state index is 11.8. The molecule has 8 heteroatoms. The molecule has 0 radical (unpaired) electrons. The van der Waals surface area contributed by atoms with Gasteiger partial charge < -0.3 is 5.32 Å². The minimum absolute atomic E-state index is 0.0515. The van der Waals surface area contributed by atoms with Crippen LogP contribution in [0.2, 0.25) is 0 Å². The lowest BCUT2D eigenvalue weighted by Crippen LogP contribution is -2.14. The van der Waals surface area contributed by atoms with Gasteiger partial charge in [0.2, 0.25) is 15.9 Å². The van der Waals surface area contributed by atoms with Gasteiger partial charge in [0.05, 0.1) is 23.0 Å². The van der Waals surface area contributed by atoms with Crippen molar-refractivity contribution in [2.75, 3.05) is 5.32 Å². The standard InChI is InChI=1S/C14H16N4O3S/c1-10-8-17-13(9-16-10)18-14(19)7-4-11-2-5-12(6-3-11)22(15,20)21/h2-3,5-6,8-9H,4,7H2,1H3,(H2,15,20,21)(H,17,18,19). The molecule has 0 unspecified atom stereocenters. The Morgan fingerprint density at radius 3 is 2.41 bits per heavy atom. The summed E-state index contributed by atoms with van der Waals surface area (Å²) in [7, 11) is -3.69. The maximum atomic E-state index is 11.8. The van der Waals surface area contributed by atoms with Gasteiger partial charge in [0.25, 0.3) is 0 Å². The third-order valence-electron chi connectivity index (χ3n) is 2.94. The number of benzene rings is 1. The molecular weight excluding hydrogens is 304 g/mol. The van der Waals surface area contributed by atoms with Crippen LogP contribution < -0.4 is 10.5 Å². The Labute approximate surface area is 128 Å². The lowest BCUT2D eigenvalue weighted by Gasteiger charge is -2.05. The summed E-state index contributed by atoms with van der Waals surface area (Å²) in [6, 6.07) is 6.12. The number of nitrogens with two attached hydrogens (primary N) is 1. The molecular formula is C14H16N4O3S. The highest BCUT2D eigenvalue weighted by atomic mass is 32.2. The van der Waals surface area contributed by atoms with E-state index in [1.807, 2.05) is 6.92 Å². The van der Waals surface area contributed by atoms with Crippen molar-refractivity contribution in [1.29, 1.82) is 0 Å². The second kappa shape index (κ2) is 6.63.